The van der Waals surface area contributed by atoms with Crippen LogP contribution in [0, 0.1) is 0 Å². The number of carbonyl (C=O) groups excluding carboxylic acids is 1. The zero-order valence-electron chi connectivity index (χ0n) is 13.1. The molecule has 2 rings (SSSR count). The first kappa shape index (κ1) is 16.8. The Morgan fingerprint density at radius 2 is 1.78 bits per heavy atom. The van der Waals surface area contributed by atoms with Crippen LogP contribution in [0.3, 0.4) is 0 Å². The topological polar surface area (TPSA) is 70.0 Å². The number of aromatic hydroxyl groups is 1. The van der Waals surface area contributed by atoms with Crippen LogP contribution in [0.5, 0.6) is 11.5 Å². The van der Waals surface area contributed by atoms with E-state index in [1.54, 1.807) is 24.0 Å². The molecular weight excluding hydrogens is 294 g/mol. The second kappa shape index (κ2) is 8.19. The van der Waals surface area contributed by atoms with Crippen LogP contribution >= 0.6 is 0 Å². The van der Waals surface area contributed by atoms with E-state index in [1.807, 2.05) is 30.3 Å². The Morgan fingerprint density at radius 3 is 2.39 bits per heavy atom. The first-order valence-corrected chi connectivity index (χ1v) is 7.49. The van der Waals surface area contributed by atoms with E-state index in [0.717, 1.165) is 5.56 Å². The first-order valence-electron chi connectivity index (χ1n) is 7.49. The maximum Gasteiger partial charge on any atom is 0.263 e. The molecule has 23 heavy (non-hydrogen) atoms. The molecule has 5 heteroatoms. The average Bonchev–Trinajstić information content (AvgIpc) is 2.57. The number of amides is 1. The van der Waals surface area contributed by atoms with E-state index in [0.29, 0.717) is 12.3 Å². The Kier molecular flexibility index (Phi) is 6.00. The van der Waals surface area contributed by atoms with Crippen molar-refractivity contribution >= 4 is 5.91 Å². The van der Waals surface area contributed by atoms with Crippen LogP contribution in [-0.2, 0) is 11.3 Å². The minimum atomic E-state index is -0.685. The smallest absolute Gasteiger partial charge is 0.263 e. The SMILES string of the molecule is CC(Oc1ccc(O)cc1)C(=O)N(CCO)Cc1ccccc1. The Morgan fingerprint density at radius 1 is 1.13 bits per heavy atom. The van der Waals surface area contributed by atoms with Gasteiger partial charge in [0.25, 0.3) is 5.91 Å². The highest BCUT2D eigenvalue weighted by molar-refractivity contribution is 5.81. The van der Waals surface area contributed by atoms with Crippen LogP contribution in [0.15, 0.2) is 54.6 Å². The monoisotopic (exact) mass is 315 g/mol. The van der Waals surface area contributed by atoms with Crippen molar-refractivity contribution in [3.8, 4) is 11.5 Å². The molecule has 2 aromatic carbocycles. The minimum Gasteiger partial charge on any atom is -0.508 e. The number of aliphatic hydroxyl groups is 1. The van der Waals surface area contributed by atoms with Gasteiger partial charge in [-0.25, -0.2) is 0 Å². The zero-order valence-corrected chi connectivity index (χ0v) is 13.1. The van der Waals surface area contributed by atoms with Crippen LogP contribution < -0.4 is 4.74 Å². The summed E-state index contributed by atoms with van der Waals surface area (Å²) >= 11 is 0. The summed E-state index contributed by atoms with van der Waals surface area (Å²) in [5.41, 5.74) is 0.992. The molecule has 2 N–H and O–H groups in total. The third-order valence-electron chi connectivity index (χ3n) is 3.40. The van der Waals surface area contributed by atoms with Crippen molar-refractivity contribution in [2.75, 3.05) is 13.2 Å². The second-order valence-corrected chi connectivity index (χ2v) is 5.22. The number of rotatable bonds is 7. The highest BCUT2D eigenvalue weighted by atomic mass is 16.5. The Labute approximate surface area is 135 Å². The van der Waals surface area contributed by atoms with Gasteiger partial charge in [0.05, 0.1) is 6.61 Å². The molecule has 0 spiro atoms. The fourth-order valence-electron chi connectivity index (χ4n) is 2.23. The zero-order chi connectivity index (χ0) is 16.7. The van der Waals surface area contributed by atoms with Crippen LogP contribution in [0.25, 0.3) is 0 Å². The van der Waals surface area contributed by atoms with E-state index in [-0.39, 0.29) is 24.8 Å². The van der Waals surface area contributed by atoms with Gasteiger partial charge in [-0.05, 0) is 36.8 Å². The molecule has 0 saturated heterocycles. The normalized spacial score (nSPS) is 11.7. The van der Waals surface area contributed by atoms with E-state index in [2.05, 4.69) is 0 Å². The fraction of sp³-hybridized carbons (Fsp3) is 0.278. The van der Waals surface area contributed by atoms with Gasteiger partial charge >= 0.3 is 0 Å². The number of hydrogen-bond donors (Lipinski definition) is 2. The van der Waals surface area contributed by atoms with Gasteiger partial charge in [0.2, 0.25) is 0 Å². The molecule has 1 amide bonds. The quantitative estimate of drug-likeness (QED) is 0.821. The summed E-state index contributed by atoms with van der Waals surface area (Å²) in [6.07, 6.45) is -0.685. The number of hydrogen-bond acceptors (Lipinski definition) is 4. The first-order chi connectivity index (χ1) is 11.1. The Balaban J connectivity index is 2.02. The number of benzene rings is 2. The lowest BCUT2D eigenvalue weighted by Gasteiger charge is -2.25. The summed E-state index contributed by atoms with van der Waals surface area (Å²) < 4.78 is 5.61. The van der Waals surface area contributed by atoms with Crippen molar-refractivity contribution in [1.82, 2.24) is 4.90 Å². The molecule has 0 fully saturated rings. The van der Waals surface area contributed by atoms with E-state index in [9.17, 15) is 15.0 Å². The largest absolute Gasteiger partial charge is 0.508 e. The van der Waals surface area contributed by atoms with Crippen molar-refractivity contribution in [3.63, 3.8) is 0 Å². The van der Waals surface area contributed by atoms with E-state index in [4.69, 9.17) is 4.74 Å². The molecule has 122 valence electrons. The average molecular weight is 315 g/mol. The predicted molar refractivity (Wildman–Crippen MR) is 87.1 cm³/mol. The van der Waals surface area contributed by atoms with Gasteiger partial charge in [0.15, 0.2) is 6.10 Å². The van der Waals surface area contributed by atoms with E-state index >= 15 is 0 Å². The molecule has 0 bridgehead atoms. The summed E-state index contributed by atoms with van der Waals surface area (Å²) in [7, 11) is 0. The third kappa shape index (κ3) is 5.00. The minimum absolute atomic E-state index is 0.107. The molecule has 0 radical (unpaired) electrons. The summed E-state index contributed by atoms with van der Waals surface area (Å²) in [6, 6.07) is 15.8. The van der Waals surface area contributed by atoms with Gasteiger partial charge < -0.3 is 19.8 Å². The van der Waals surface area contributed by atoms with Crippen LogP contribution in [-0.4, -0.2) is 40.3 Å². The van der Waals surface area contributed by atoms with Gasteiger partial charge in [-0.2, -0.15) is 0 Å². The van der Waals surface area contributed by atoms with Crippen LogP contribution in [0.2, 0.25) is 0 Å². The van der Waals surface area contributed by atoms with E-state index in [1.165, 1.54) is 12.1 Å². The molecule has 0 aliphatic heterocycles. The van der Waals surface area contributed by atoms with Crippen molar-refractivity contribution in [2.24, 2.45) is 0 Å². The van der Waals surface area contributed by atoms with Crippen molar-refractivity contribution in [1.29, 1.82) is 0 Å². The number of phenols is 1. The Hall–Kier alpha value is -2.53. The van der Waals surface area contributed by atoms with E-state index < -0.39 is 6.10 Å². The van der Waals surface area contributed by atoms with Gasteiger partial charge in [-0.3, -0.25) is 4.79 Å². The fourth-order valence-corrected chi connectivity index (χ4v) is 2.23. The standard InChI is InChI=1S/C18H21NO4/c1-14(23-17-9-7-16(21)8-10-17)18(22)19(11-12-20)13-15-5-3-2-4-6-15/h2-10,14,20-21H,11-13H2,1H3. The van der Waals surface area contributed by atoms with Crippen molar-refractivity contribution < 1.29 is 19.7 Å². The highest BCUT2D eigenvalue weighted by Gasteiger charge is 2.22. The summed E-state index contributed by atoms with van der Waals surface area (Å²) in [5.74, 6) is 0.450. The second-order valence-electron chi connectivity index (χ2n) is 5.22. The molecule has 2 aromatic rings. The number of aliphatic hydroxyl groups excluding tert-OH is 1. The lowest BCUT2D eigenvalue weighted by molar-refractivity contribution is -0.139. The predicted octanol–water partition coefficient (Wildman–Crippen LogP) is 2.18. The van der Waals surface area contributed by atoms with Gasteiger partial charge in [-0.1, -0.05) is 30.3 Å². The molecule has 0 aliphatic carbocycles. The summed E-state index contributed by atoms with van der Waals surface area (Å²) in [6.45, 7) is 2.23. The highest BCUT2D eigenvalue weighted by Crippen LogP contribution is 2.18. The molecule has 0 aliphatic rings. The lowest BCUT2D eigenvalue weighted by atomic mass is 10.2. The summed E-state index contributed by atoms with van der Waals surface area (Å²) in [5, 5.41) is 18.5. The summed E-state index contributed by atoms with van der Waals surface area (Å²) in [4.78, 5) is 14.1. The number of ether oxygens (including phenoxy) is 1. The van der Waals surface area contributed by atoms with Gasteiger partial charge in [0.1, 0.15) is 11.5 Å². The molecule has 0 heterocycles. The Bertz CT molecular complexity index is 613. The molecular formula is C18H21NO4. The molecule has 5 nitrogen and oxygen atoms in total. The maximum atomic E-state index is 12.5. The molecule has 0 aromatic heterocycles. The van der Waals surface area contributed by atoms with Gasteiger partial charge in [-0.15, -0.1) is 0 Å². The van der Waals surface area contributed by atoms with Crippen LogP contribution in [0.1, 0.15) is 12.5 Å². The third-order valence-corrected chi connectivity index (χ3v) is 3.40. The number of phenolic OH excluding ortho intramolecular Hbond substituents is 1. The number of nitrogens with zero attached hydrogens (tertiary/aromatic N) is 1. The molecule has 0 saturated carbocycles. The van der Waals surface area contributed by atoms with Crippen LogP contribution in [0.4, 0.5) is 0 Å². The van der Waals surface area contributed by atoms with Gasteiger partial charge in [0, 0.05) is 13.1 Å². The molecule has 1 unspecified atom stereocenters. The lowest BCUT2D eigenvalue weighted by Crippen LogP contribution is -2.41. The van der Waals surface area contributed by atoms with Crippen molar-refractivity contribution in [2.45, 2.75) is 19.6 Å². The maximum absolute atomic E-state index is 12.5. The number of carbonyl (C=O) groups is 1. The molecule has 1 atom stereocenters. The van der Waals surface area contributed by atoms with Crippen molar-refractivity contribution in [3.05, 3.63) is 60.2 Å².